The maximum Gasteiger partial charge on any atom is 0.285 e. The highest BCUT2D eigenvalue weighted by Crippen LogP contribution is 2.15. The van der Waals surface area contributed by atoms with Crippen LogP contribution in [0.15, 0.2) is 59.9 Å². The summed E-state index contributed by atoms with van der Waals surface area (Å²) in [5.74, 6) is -2.45. The third-order valence-electron chi connectivity index (χ3n) is 3.62. The molecule has 1 heterocycles. The maximum atomic E-state index is 13.7. The average Bonchev–Trinajstić information content (AvgIpc) is 3.07. The Labute approximate surface area is 158 Å². The third kappa shape index (κ3) is 4.32. The number of halogens is 3. The number of hydrogen-bond acceptors (Lipinski definition) is 4. The molecule has 0 aliphatic heterocycles. The van der Waals surface area contributed by atoms with E-state index < -0.39 is 27.6 Å². The molecule has 0 aliphatic rings. The molecule has 0 unspecified atom stereocenters. The number of carbonyl (C=O) groups excluding carboxylic acids is 1. The van der Waals surface area contributed by atoms with E-state index in [1.807, 2.05) is 4.72 Å². The highest BCUT2D eigenvalue weighted by atomic mass is 35.5. The Balaban J connectivity index is 1.76. The van der Waals surface area contributed by atoms with Crippen molar-refractivity contribution in [2.24, 2.45) is 0 Å². The molecule has 27 heavy (non-hydrogen) atoms. The van der Waals surface area contributed by atoms with Gasteiger partial charge in [0.25, 0.3) is 15.9 Å². The molecule has 1 N–H and O–H groups in total. The lowest BCUT2D eigenvalue weighted by molar-refractivity contribution is 0.0977. The lowest BCUT2D eigenvalue weighted by atomic mass is 10.2. The van der Waals surface area contributed by atoms with Crippen LogP contribution in [0.3, 0.4) is 0 Å². The zero-order valence-electron chi connectivity index (χ0n) is 13.6. The molecule has 140 valence electrons. The Morgan fingerprint density at radius 2 is 1.74 bits per heavy atom. The van der Waals surface area contributed by atoms with Crippen LogP contribution in [0, 0.1) is 11.6 Å². The van der Waals surface area contributed by atoms with Crippen LogP contribution in [0.5, 0.6) is 0 Å². The predicted octanol–water partition coefficient (Wildman–Crippen LogP) is 2.98. The lowest BCUT2D eigenvalue weighted by Gasteiger charge is -2.06. The van der Waals surface area contributed by atoms with Crippen molar-refractivity contribution in [3.05, 3.63) is 82.9 Å². The number of nitrogens with one attached hydrogen (secondary N) is 1. The van der Waals surface area contributed by atoms with Crippen LogP contribution in [0.25, 0.3) is 0 Å². The predicted molar refractivity (Wildman–Crippen MR) is 93.8 cm³/mol. The van der Waals surface area contributed by atoms with Crippen molar-refractivity contribution in [3.63, 3.8) is 0 Å². The van der Waals surface area contributed by atoms with Crippen molar-refractivity contribution in [2.75, 3.05) is 0 Å². The number of benzene rings is 2. The molecule has 0 spiro atoms. The van der Waals surface area contributed by atoms with Gasteiger partial charge in [0.05, 0.1) is 17.8 Å². The summed E-state index contributed by atoms with van der Waals surface area (Å²) in [5.41, 5.74) is -0.417. The van der Waals surface area contributed by atoms with Crippen LogP contribution < -0.4 is 4.72 Å². The molecule has 0 fully saturated rings. The van der Waals surface area contributed by atoms with Gasteiger partial charge in [-0.25, -0.2) is 26.9 Å². The zero-order valence-corrected chi connectivity index (χ0v) is 15.1. The van der Waals surface area contributed by atoms with Gasteiger partial charge in [-0.15, -0.1) is 0 Å². The Morgan fingerprint density at radius 1 is 1.11 bits per heavy atom. The van der Waals surface area contributed by atoms with Gasteiger partial charge >= 0.3 is 0 Å². The molecule has 3 aromatic rings. The number of hydrogen-bond donors (Lipinski definition) is 1. The van der Waals surface area contributed by atoms with Crippen LogP contribution in [0.4, 0.5) is 8.78 Å². The fraction of sp³-hybridized carbons (Fsp3) is 0.0588. The monoisotopic (exact) mass is 411 g/mol. The number of sulfonamides is 1. The Morgan fingerprint density at radius 3 is 2.37 bits per heavy atom. The Bertz CT molecular complexity index is 1080. The van der Waals surface area contributed by atoms with Crippen molar-refractivity contribution in [1.29, 1.82) is 0 Å². The van der Waals surface area contributed by atoms with Gasteiger partial charge in [-0.05, 0) is 36.4 Å². The number of aromatic nitrogens is 2. The van der Waals surface area contributed by atoms with Gasteiger partial charge in [-0.1, -0.05) is 17.7 Å². The summed E-state index contributed by atoms with van der Waals surface area (Å²) in [5, 5.41) is 0.347. The first-order valence-electron chi connectivity index (χ1n) is 7.53. The quantitative estimate of drug-likeness (QED) is 0.699. The normalized spacial score (nSPS) is 11.4. The molecule has 3 rings (SSSR count). The van der Waals surface area contributed by atoms with E-state index in [-0.39, 0.29) is 22.7 Å². The van der Waals surface area contributed by atoms with Crippen molar-refractivity contribution in [1.82, 2.24) is 14.3 Å². The average molecular weight is 412 g/mol. The van der Waals surface area contributed by atoms with E-state index in [0.717, 1.165) is 12.1 Å². The summed E-state index contributed by atoms with van der Waals surface area (Å²) in [4.78, 5) is 15.8. The van der Waals surface area contributed by atoms with Crippen molar-refractivity contribution >= 4 is 27.5 Å². The van der Waals surface area contributed by atoms with E-state index >= 15 is 0 Å². The molecular weight excluding hydrogens is 400 g/mol. The second kappa shape index (κ2) is 7.45. The SMILES string of the molecule is O=C(NS(=O)(=O)c1ccc(Cl)cc1)c1cn(Cc2c(F)cccc2F)cn1. The highest BCUT2D eigenvalue weighted by molar-refractivity contribution is 7.90. The number of amides is 1. The second-order valence-electron chi connectivity index (χ2n) is 5.52. The second-order valence-corrected chi connectivity index (χ2v) is 7.64. The molecule has 10 heteroatoms. The molecule has 0 saturated carbocycles. The van der Waals surface area contributed by atoms with Crippen molar-refractivity contribution in [3.8, 4) is 0 Å². The van der Waals surface area contributed by atoms with E-state index in [9.17, 15) is 22.0 Å². The van der Waals surface area contributed by atoms with Gasteiger partial charge < -0.3 is 4.57 Å². The van der Waals surface area contributed by atoms with Crippen LogP contribution in [-0.4, -0.2) is 23.9 Å². The molecule has 0 bridgehead atoms. The molecule has 0 radical (unpaired) electrons. The summed E-state index contributed by atoms with van der Waals surface area (Å²) in [7, 11) is -4.11. The first-order chi connectivity index (χ1) is 12.8. The van der Waals surface area contributed by atoms with Crippen LogP contribution in [-0.2, 0) is 16.6 Å². The first kappa shape index (κ1) is 19.0. The van der Waals surface area contributed by atoms with Gasteiger partial charge in [-0.3, -0.25) is 4.79 Å². The molecular formula is C17H12ClF2N3O3S. The van der Waals surface area contributed by atoms with E-state index in [0.29, 0.717) is 5.02 Å². The molecule has 1 amide bonds. The Hall–Kier alpha value is -2.78. The number of imidazole rings is 1. The first-order valence-corrected chi connectivity index (χ1v) is 9.40. The smallest absolute Gasteiger partial charge is 0.285 e. The molecule has 6 nitrogen and oxygen atoms in total. The summed E-state index contributed by atoms with van der Waals surface area (Å²) >= 11 is 5.71. The zero-order chi connectivity index (χ0) is 19.6. The molecule has 0 atom stereocenters. The highest BCUT2D eigenvalue weighted by Gasteiger charge is 2.20. The van der Waals surface area contributed by atoms with Gasteiger partial charge in [0.1, 0.15) is 17.3 Å². The number of nitrogens with zero attached hydrogens (tertiary/aromatic N) is 2. The summed E-state index contributed by atoms with van der Waals surface area (Å²) < 4.78 is 55.0. The van der Waals surface area contributed by atoms with Gasteiger partial charge in [0, 0.05) is 16.8 Å². The van der Waals surface area contributed by atoms with Gasteiger partial charge in [-0.2, -0.15) is 0 Å². The third-order valence-corrected chi connectivity index (χ3v) is 5.22. The topological polar surface area (TPSA) is 81.1 Å². The minimum absolute atomic E-state index is 0.145. The van der Waals surface area contributed by atoms with E-state index in [1.54, 1.807) is 0 Å². The minimum atomic E-state index is -4.11. The summed E-state index contributed by atoms with van der Waals surface area (Å²) in [6.45, 7) is -0.206. The molecule has 2 aromatic carbocycles. The maximum absolute atomic E-state index is 13.7. The molecule has 0 aliphatic carbocycles. The fourth-order valence-corrected chi connectivity index (χ4v) is 3.36. The summed E-state index contributed by atoms with van der Waals surface area (Å²) in [6.07, 6.45) is 2.37. The number of carbonyl (C=O) groups is 1. The van der Waals surface area contributed by atoms with Crippen molar-refractivity contribution in [2.45, 2.75) is 11.4 Å². The fourth-order valence-electron chi connectivity index (χ4n) is 2.28. The van der Waals surface area contributed by atoms with E-state index in [2.05, 4.69) is 4.98 Å². The van der Waals surface area contributed by atoms with Crippen LogP contribution in [0.1, 0.15) is 16.1 Å². The Kier molecular flexibility index (Phi) is 5.24. The molecule has 0 saturated heterocycles. The number of rotatable bonds is 5. The largest absolute Gasteiger partial charge is 0.332 e. The summed E-state index contributed by atoms with van der Waals surface area (Å²) in [6, 6.07) is 8.71. The van der Waals surface area contributed by atoms with Gasteiger partial charge in [0.15, 0.2) is 0 Å². The minimum Gasteiger partial charge on any atom is -0.332 e. The van der Waals surface area contributed by atoms with Gasteiger partial charge in [0.2, 0.25) is 0 Å². The van der Waals surface area contributed by atoms with E-state index in [4.69, 9.17) is 11.6 Å². The van der Waals surface area contributed by atoms with E-state index in [1.165, 1.54) is 47.4 Å². The molecule has 1 aromatic heterocycles. The van der Waals surface area contributed by atoms with Crippen LogP contribution in [0.2, 0.25) is 5.02 Å². The standard InChI is InChI=1S/C17H12ClF2N3O3S/c18-11-4-6-12(7-5-11)27(25,26)22-17(24)16-9-23(10-21-16)8-13-14(19)2-1-3-15(13)20/h1-7,9-10H,8H2,(H,22,24). The van der Waals surface area contributed by atoms with Crippen LogP contribution >= 0.6 is 11.6 Å². The van der Waals surface area contributed by atoms with Crippen molar-refractivity contribution < 1.29 is 22.0 Å². The lowest BCUT2D eigenvalue weighted by Crippen LogP contribution is -2.30.